The number of fused-ring (bicyclic) bond motifs is 3. The molecule has 1 aromatic heterocycles. The number of amides is 1. The first-order valence-corrected chi connectivity index (χ1v) is 9.07. The second-order valence-corrected chi connectivity index (χ2v) is 7.26. The summed E-state index contributed by atoms with van der Waals surface area (Å²) in [6.45, 7) is 0.519. The number of aliphatic hydroxyl groups excluding tert-OH is 1. The highest BCUT2D eigenvalue weighted by Crippen LogP contribution is 2.42. The molecule has 1 aliphatic rings. The predicted molar refractivity (Wildman–Crippen MR) is 103 cm³/mol. The summed E-state index contributed by atoms with van der Waals surface area (Å²) in [5.74, 6) is -0.270. The van der Waals surface area contributed by atoms with E-state index >= 15 is 0 Å². The van der Waals surface area contributed by atoms with E-state index in [0.29, 0.717) is 29.6 Å². The van der Waals surface area contributed by atoms with Gasteiger partial charge < -0.3 is 20.7 Å². The summed E-state index contributed by atoms with van der Waals surface area (Å²) in [5, 5.41) is 11.1. The number of aromatic nitrogens is 1. The molecule has 0 bridgehead atoms. The van der Waals surface area contributed by atoms with Crippen LogP contribution >= 0.6 is 23.2 Å². The van der Waals surface area contributed by atoms with Crippen LogP contribution in [-0.4, -0.2) is 34.0 Å². The molecule has 134 valence electrons. The maximum Gasteiger partial charge on any atom is 0.248 e. The van der Waals surface area contributed by atoms with Crippen molar-refractivity contribution in [3.63, 3.8) is 0 Å². The van der Waals surface area contributed by atoms with Gasteiger partial charge in [0.15, 0.2) is 0 Å². The van der Waals surface area contributed by atoms with Gasteiger partial charge in [0, 0.05) is 36.2 Å². The van der Waals surface area contributed by atoms with Gasteiger partial charge in [0.1, 0.15) is 12.3 Å². The summed E-state index contributed by atoms with van der Waals surface area (Å²) in [6, 6.07) is 9.76. The Labute approximate surface area is 160 Å². The van der Waals surface area contributed by atoms with Crippen molar-refractivity contribution in [1.29, 1.82) is 0 Å². The average Bonchev–Trinajstić information content (AvgIpc) is 3.04. The van der Waals surface area contributed by atoms with Crippen molar-refractivity contribution in [2.45, 2.75) is 13.0 Å². The lowest BCUT2D eigenvalue weighted by molar-refractivity contribution is -0.254. The van der Waals surface area contributed by atoms with Gasteiger partial charge in [0.05, 0.1) is 15.6 Å². The van der Waals surface area contributed by atoms with Crippen LogP contribution in [0.2, 0.25) is 10.0 Å². The number of carbonyl (C=O) groups excluding carboxylic acids is 1. The van der Waals surface area contributed by atoms with Crippen molar-refractivity contribution in [2.75, 3.05) is 13.2 Å². The van der Waals surface area contributed by atoms with Crippen LogP contribution < -0.4 is 5.73 Å². The van der Waals surface area contributed by atoms with Gasteiger partial charge in [-0.2, -0.15) is 0 Å². The zero-order valence-electron chi connectivity index (χ0n) is 14.0. The molecule has 2 aromatic carbocycles. The first-order valence-electron chi connectivity index (χ1n) is 8.32. The van der Waals surface area contributed by atoms with Crippen LogP contribution in [0, 0.1) is 0 Å². The molecule has 0 fully saturated rings. The van der Waals surface area contributed by atoms with Crippen molar-refractivity contribution in [3.8, 4) is 11.1 Å². The van der Waals surface area contributed by atoms with Gasteiger partial charge in [-0.15, -0.1) is 0 Å². The molecular formula is C19H18Cl2N3O2+. The largest absolute Gasteiger partial charge is 0.387 e. The third kappa shape index (κ3) is 2.77. The molecule has 0 spiro atoms. The molecule has 1 aliphatic heterocycles. The zero-order valence-corrected chi connectivity index (χ0v) is 15.5. The Kier molecular flexibility index (Phi) is 4.40. The quantitative estimate of drug-likeness (QED) is 0.628. The monoisotopic (exact) mass is 390 g/mol. The molecule has 3 aromatic rings. The van der Waals surface area contributed by atoms with Crippen molar-refractivity contribution >= 4 is 45.7 Å². The fraction of sp³-hybridized carbons (Fsp3) is 0.211. The average molecular weight is 391 g/mol. The van der Waals surface area contributed by atoms with Gasteiger partial charge >= 0.3 is 0 Å². The molecular weight excluding hydrogens is 373 g/mol. The molecule has 0 saturated carbocycles. The van der Waals surface area contributed by atoms with Crippen molar-refractivity contribution in [2.24, 2.45) is 0 Å². The Morgan fingerprint density at radius 1 is 1.27 bits per heavy atom. The van der Waals surface area contributed by atoms with E-state index in [1.165, 1.54) is 0 Å². The highest BCUT2D eigenvalue weighted by atomic mass is 35.5. The lowest BCUT2D eigenvalue weighted by atomic mass is 9.96. The number of hydrogen-bond donors (Lipinski definition) is 3. The summed E-state index contributed by atoms with van der Waals surface area (Å²) >= 11 is 12.8. The Morgan fingerprint density at radius 3 is 2.69 bits per heavy atom. The first-order chi connectivity index (χ1) is 12.5. The van der Waals surface area contributed by atoms with Crippen LogP contribution in [0.3, 0.4) is 0 Å². The number of carbonyl (C=O) groups is 1. The molecule has 5 N–H and O–H groups in total. The number of H-pyrrole nitrogens is 1. The number of aromatic amines is 1. The number of aliphatic hydroxyl groups is 1. The first kappa shape index (κ1) is 17.4. The Hall–Kier alpha value is -2.05. The number of rotatable bonds is 2. The molecule has 1 amide bonds. The number of quaternary nitrogens is 1. The summed E-state index contributed by atoms with van der Waals surface area (Å²) in [5.41, 5.74) is 9.70. The summed E-state index contributed by atoms with van der Waals surface area (Å²) in [7, 11) is 0. The van der Waals surface area contributed by atoms with Crippen LogP contribution in [0.5, 0.6) is 0 Å². The van der Waals surface area contributed by atoms with Crippen molar-refractivity contribution < 1.29 is 15.6 Å². The number of nitrogens with one attached hydrogen (secondary N) is 1. The zero-order chi connectivity index (χ0) is 18.4. The van der Waals surface area contributed by atoms with Crippen molar-refractivity contribution in [3.05, 3.63) is 51.6 Å². The van der Waals surface area contributed by atoms with Crippen LogP contribution in [0.1, 0.15) is 11.3 Å². The Bertz CT molecular complexity index is 1010. The minimum atomic E-state index is -0.484. The summed E-state index contributed by atoms with van der Waals surface area (Å²) < 4.78 is 0. The van der Waals surface area contributed by atoms with Gasteiger partial charge in [0.25, 0.3) is 0 Å². The lowest BCUT2D eigenvalue weighted by Crippen LogP contribution is -2.39. The molecule has 7 heteroatoms. The molecule has 0 radical (unpaired) electrons. The number of hydrogen-bond acceptors (Lipinski definition) is 2. The highest BCUT2D eigenvalue weighted by Gasteiger charge is 2.26. The maximum atomic E-state index is 12.0. The SMILES string of the molecule is [NH3+]c1ccc(-c2cc(Cl)c(Cl)c3[nH]c4c(c23)CN(C(=O)CO)CC4)cc1. The van der Waals surface area contributed by atoms with E-state index in [1.807, 2.05) is 30.3 Å². The van der Waals surface area contributed by atoms with Gasteiger partial charge in [-0.1, -0.05) is 23.2 Å². The molecule has 5 nitrogen and oxygen atoms in total. The van der Waals surface area contributed by atoms with E-state index in [9.17, 15) is 9.90 Å². The smallest absolute Gasteiger partial charge is 0.248 e. The number of nitrogens with zero attached hydrogens (tertiary/aromatic N) is 1. The molecule has 0 saturated heterocycles. The van der Waals surface area contributed by atoms with E-state index in [4.69, 9.17) is 23.2 Å². The second kappa shape index (κ2) is 6.59. The second-order valence-electron chi connectivity index (χ2n) is 6.47. The van der Waals surface area contributed by atoms with E-state index in [1.54, 1.807) is 4.90 Å². The Morgan fingerprint density at radius 2 is 2.00 bits per heavy atom. The third-order valence-corrected chi connectivity index (χ3v) is 5.68. The standard InChI is InChI=1S/C19H17Cl2N3O2/c20-14-7-12(10-1-3-11(22)4-2-10)17-13-8-24(16(26)9-25)6-5-15(13)23-19(17)18(14)21/h1-4,7,23,25H,5-6,8-9,22H2/p+1. The van der Waals surface area contributed by atoms with Crippen LogP contribution in [0.25, 0.3) is 22.0 Å². The summed E-state index contributed by atoms with van der Waals surface area (Å²) in [4.78, 5) is 17.0. The highest BCUT2D eigenvalue weighted by molar-refractivity contribution is 6.45. The number of halogens is 2. The van der Waals surface area contributed by atoms with E-state index in [0.717, 1.165) is 39.0 Å². The third-order valence-electron chi connectivity index (χ3n) is 4.90. The normalized spacial score (nSPS) is 13.9. The minimum Gasteiger partial charge on any atom is -0.387 e. The van der Waals surface area contributed by atoms with E-state index < -0.39 is 6.61 Å². The predicted octanol–water partition coefficient (Wildman–Crippen LogP) is 2.89. The van der Waals surface area contributed by atoms with Gasteiger partial charge in [-0.25, -0.2) is 0 Å². The lowest BCUT2D eigenvalue weighted by Gasteiger charge is -2.27. The van der Waals surface area contributed by atoms with E-state index in [-0.39, 0.29) is 5.91 Å². The fourth-order valence-corrected chi connectivity index (χ4v) is 3.96. The van der Waals surface area contributed by atoms with Crippen LogP contribution in [-0.2, 0) is 17.8 Å². The minimum absolute atomic E-state index is 0.270. The molecule has 0 unspecified atom stereocenters. The molecule has 4 rings (SSSR count). The summed E-state index contributed by atoms with van der Waals surface area (Å²) in [6.07, 6.45) is 0.682. The maximum absolute atomic E-state index is 12.0. The number of benzene rings is 2. The van der Waals surface area contributed by atoms with Crippen LogP contribution in [0.15, 0.2) is 30.3 Å². The van der Waals surface area contributed by atoms with Gasteiger partial charge in [-0.05, 0) is 41.5 Å². The van der Waals surface area contributed by atoms with E-state index in [2.05, 4.69) is 10.7 Å². The van der Waals surface area contributed by atoms with Gasteiger partial charge in [0.2, 0.25) is 5.91 Å². The molecule has 0 atom stereocenters. The topological polar surface area (TPSA) is 84.0 Å². The molecule has 2 heterocycles. The Balaban J connectivity index is 1.95. The van der Waals surface area contributed by atoms with Crippen LogP contribution in [0.4, 0.5) is 5.69 Å². The van der Waals surface area contributed by atoms with Crippen molar-refractivity contribution in [1.82, 2.24) is 9.88 Å². The molecule has 0 aliphatic carbocycles. The fourth-order valence-electron chi connectivity index (χ4n) is 3.56. The molecule has 26 heavy (non-hydrogen) atoms. The van der Waals surface area contributed by atoms with Gasteiger partial charge in [-0.3, -0.25) is 4.79 Å².